The lowest BCUT2D eigenvalue weighted by Gasteiger charge is -2.21. The predicted molar refractivity (Wildman–Crippen MR) is 105 cm³/mol. The van der Waals surface area contributed by atoms with Crippen molar-refractivity contribution >= 4 is 11.8 Å². The van der Waals surface area contributed by atoms with Gasteiger partial charge in [-0.05, 0) is 38.5 Å². The van der Waals surface area contributed by atoms with Crippen LogP contribution in [0.5, 0.6) is 5.75 Å². The van der Waals surface area contributed by atoms with E-state index in [0.29, 0.717) is 30.0 Å². The zero-order chi connectivity index (χ0) is 20.8. The summed E-state index contributed by atoms with van der Waals surface area (Å²) in [5.41, 5.74) is 1.11. The molecule has 29 heavy (non-hydrogen) atoms. The van der Waals surface area contributed by atoms with Gasteiger partial charge in [0.15, 0.2) is 0 Å². The van der Waals surface area contributed by atoms with Crippen LogP contribution in [0.25, 0.3) is 0 Å². The highest BCUT2D eigenvalue weighted by Gasteiger charge is 2.27. The van der Waals surface area contributed by atoms with Crippen LogP contribution in [0.3, 0.4) is 0 Å². The molecule has 1 saturated heterocycles. The van der Waals surface area contributed by atoms with Crippen LogP contribution in [0.15, 0.2) is 42.6 Å². The molecule has 2 heterocycles. The molecule has 0 bridgehead atoms. The number of rotatable bonds is 8. The van der Waals surface area contributed by atoms with Gasteiger partial charge in [0.05, 0.1) is 6.10 Å². The minimum absolute atomic E-state index is 0.130. The molecular weight excluding hydrogens is 380 g/mol. The zero-order valence-electron chi connectivity index (χ0n) is 16.5. The average Bonchev–Trinajstić information content (AvgIpc) is 3.15. The fourth-order valence-electron chi connectivity index (χ4n) is 3.32. The van der Waals surface area contributed by atoms with Crippen molar-refractivity contribution in [3.05, 3.63) is 53.7 Å². The molecule has 1 N–H and O–H groups in total. The Morgan fingerprint density at radius 3 is 2.83 bits per heavy atom. The third-order valence-corrected chi connectivity index (χ3v) is 4.61. The van der Waals surface area contributed by atoms with Gasteiger partial charge in [-0.2, -0.15) is 8.78 Å². The number of para-hydroxylation sites is 1. The maximum Gasteiger partial charge on any atom is 0.387 e. The van der Waals surface area contributed by atoms with Gasteiger partial charge >= 0.3 is 12.6 Å². The smallest absolute Gasteiger partial charge is 0.387 e. The Labute approximate surface area is 168 Å². The fourth-order valence-corrected chi connectivity index (χ4v) is 3.32. The monoisotopic (exact) mass is 405 g/mol. The van der Waals surface area contributed by atoms with Crippen LogP contribution >= 0.6 is 0 Å². The number of nitrogens with one attached hydrogen (secondary N) is 1. The van der Waals surface area contributed by atoms with E-state index in [1.54, 1.807) is 50.4 Å². The van der Waals surface area contributed by atoms with E-state index in [2.05, 4.69) is 15.0 Å². The number of esters is 1. The van der Waals surface area contributed by atoms with E-state index in [9.17, 15) is 13.6 Å². The minimum atomic E-state index is -2.86. The Hall–Kier alpha value is -2.74. The molecule has 0 aliphatic carbocycles. The SMILES string of the molecule is CC(C)OC(=O)c1cccnc1N1CCC(NCc2ccccc2OC(F)F)C1. The quantitative estimate of drug-likeness (QED) is 0.677. The van der Waals surface area contributed by atoms with Crippen molar-refractivity contribution < 1.29 is 23.0 Å². The van der Waals surface area contributed by atoms with E-state index in [-0.39, 0.29) is 17.9 Å². The van der Waals surface area contributed by atoms with Gasteiger partial charge in [0.1, 0.15) is 17.1 Å². The van der Waals surface area contributed by atoms with Gasteiger partial charge < -0.3 is 19.7 Å². The summed E-state index contributed by atoms with van der Waals surface area (Å²) in [6.45, 7) is 2.54. The lowest BCUT2D eigenvalue weighted by molar-refractivity contribution is -0.0505. The average molecular weight is 405 g/mol. The number of aromatic nitrogens is 1. The summed E-state index contributed by atoms with van der Waals surface area (Å²) in [7, 11) is 0. The number of carbonyl (C=O) groups excluding carboxylic acids is 1. The second-order valence-electron chi connectivity index (χ2n) is 7.13. The summed E-state index contributed by atoms with van der Waals surface area (Å²) in [6.07, 6.45) is 2.28. The first-order valence-electron chi connectivity index (χ1n) is 9.61. The molecule has 156 valence electrons. The molecular formula is C21H25F2N3O3. The van der Waals surface area contributed by atoms with Crippen molar-refractivity contribution in [2.75, 3.05) is 18.0 Å². The van der Waals surface area contributed by atoms with E-state index in [0.717, 1.165) is 13.0 Å². The number of halogens is 2. The molecule has 1 unspecified atom stereocenters. The lowest BCUT2D eigenvalue weighted by Crippen LogP contribution is -2.33. The van der Waals surface area contributed by atoms with Crippen molar-refractivity contribution in [3.63, 3.8) is 0 Å². The van der Waals surface area contributed by atoms with E-state index in [1.807, 2.05) is 4.90 Å². The van der Waals surface area contributed by atoms with Crippen molar-refractivity contribution in [2.24, 2.45) is 0 Å². The Morgan fingerprint density at radius 2 is 2.07 bits per heavy atom. The summed E-state index contributed by atoms with van der Waals surface area (Å²) in [5, 5.41) is 3.38. The Kier molecular flexibility index (Phi) is 6.98. The molecule has 0 saturated carbocycles. The molecule has 1 aliphatic rings. The Morgan fingerprint density at radius 1 is 1.28 bits per heavy atom. The summed E-state index contributed by atoms with van der Waals surface area (Å²) in [5.74, 6) is 0.384. The Bertz CT molecular complexity index is 832. The predicted octanol–water partition coefficient (Wildman–Crippen LogP) is 3.62. The highest BCUT2D eigenvalue weighted by atomic mass is 19.3. The summed E-state index contributed by atoms with van der Waals surface area (Å²) < 4.78 is 35.0. The van der Waals surface area contributed by atoms with Crippen molar-refractivity contribution in [1.82, 2.24) is 10.3 Å². The van der Waals surface area contributed by atoms with Crippen molar-refractivity contribution in [3.8, 4) is 5.75 Å². The van der Waals surface area contributed by atoms with Crippen LogP contribution in [-0.4, -0.2) is 42.8 Å². The molecule has 0 amide bonds. The van der Waals surface area contributed by atoms with Crippen LogP contribution in [0.4, 0.5) is 14.6 Å². The molecule has 2 aromatic rings. The molecule has 6 nitrogen and oxygen atoms in total. The third kappa shape index (κ3) is 5.63. The number of carbonyl (C=O) groups is 1. The summed E-state index contributed by atoms with van der Waals surface area (Å²) in [6, 6.07) is 10.3. The number of anilines is 1. The van der Waals surface area contributed by atoms with Gasteiger partial charge in [-0.15, -0.1) is 0 Å². The van der Waals surface area contributed by atoms with Crippen LogP contribution in [-0.2, 0) is 11.3 Å². The standard InChI is InChI=1S/C21H25F2N3O3/c1-14(2)28-20(27)17-7-5-10-24-19(17)26-11-9-16(13-26)25-12-15-6-3-4-8-18(15)29-21(22)23/h3-8,10,14,16,21,25H,9,11-13H2,1-2H3. The summed E-state index contributed by atoms with van der Waals surface area (Å²) in [4.78, 5) is 18.8. The largest absolute Gasteiger partial charge is 0.459 e. The maximum absolute atomic E-state index is 12.6. The van der Waals surface area contributed by atoms with Crippen LogP contribution in [0.2, 0.25) is 0 Å². The molecule has 3 rings (SSSR count). The topological polar surface area (TPSA) is 63.7 Å². The first-order valence-corrected chi connectivity index (χ1v) is 9.61. The van der Waals surface area contributed by atoms with E-state index in [1.165, 1.54) is 6.07 Å². The number of hydrogen-bond acceptors (Lipinski definition) is 6. The first-order chi connectivity index (χ1) is 13.9. The first kappa shape index (κ1) is 21.0. The number of pyridine rings is 1. The summed E-state index contributed by atoms with van der Waals surface area (Å²) >= 11 is 0. The molecule has 1 atom stereocenters. The van der Waals surface area contributed by atoms with E-state index >= 15 is 0 Å². The van der Waals surface area contributed by atoms with Crippen LogP contribution < -0.4 is 15.0 Å². The van der Waals surface area contributed by atoms with Gasteiger partial charge in [0.2, 0.25) is 0 Å². The van der Waals surface area contributed by atoms with Gasteiger partial charge in [-0.25, -0.2) is 9.78 Å². The highest BCUT2D eigenvalue weighted by molar-refractivity contribution is 5.94. The van der Waals surface area contributed by atoms with Gasteiger partial charge in [0.25, 0.3) is 0 Å². The molecule has 0 radical (unpaired) electrons. The molecule has 1 fully saturated rings. The molecule has 8 heteroatoms. The van der Waals surface area contributed by atoms with E-state index < -0.39 is 12.6 Å². The third-order valence-electron chi connectivity index (χ3n) is 4.61. The number of nitrogens with zero attached hydrogens (tertiary/aromatic N) is 2. The number of benzene rings is 1. The second kappa shape index (κ2) is 9.65. The molecule has 1 aromatic carbocycles. The minimum Gasteiger partial charge on any atom is -0.459 e. The molecule has 1 aromatic heterocycles. The molecule has 1 aliphatic heterocycles. The lowest BCUT2D eigenvalue weighted by atomic mass is 10.2. The number of hydrogen-bond donors (Lipinski definition) is 1. The fraction of sp³-hybridized carbons (Fsp3) is 0.429. The zero-order valence-corrected chi connectivity index (χ0v) is 16.5. The number of ether oxygens (including phenoxy) is 2. The van der Waals surface area contributed by atoms with Crippen LogP contribution in [0.1, 0.15) is 36.2 Å². The van der Waals surface area contributed by atoms with E-state index in [4.69, 9.17) is 4.74 Å². The van der Waals surface area contributed by atoms with Crippen LogP contribution in [0, 0.1) is 0 Å². The Balaban J connectivity index is 1.63. The maximum atomic E-state index is 12.6. The number of alkyl halides is 2. The van der Waals surface area contributed by atoms with Gasteiger partial charge in [-0.1, -0.05) is 18.2 Å². The second-order valence-corrected chi connectivity index (χ2v) is 7.13. The van der Waals surface area contributed by atoms with Crippen molar-refractivity contribution in [2.45, 2.75) is 45.6 Å². The van der Waals surface area contributed by atoms with Crippen molar-refractivity contribution in [1.29, 1.82) is 0 Å². The molecule has 0 spiro atoms. The van der Waals surface area contributed by atoms with Gasteiger partial charge in [-0.3, -0.25) is 0 Å². The normalized spacial score (nSPS) is 16.5. The van der Waals surface area contributed by atoms with Gasteiger partial charge in [0, 0.05) is 37.4 Å². The highest BCUT2D eigenvalue weighted by Crippen LogP contribution is 2.24.